The summed E-state index contributed by atoms with van der Waals surface area (Å²) in [6.07, 6.45) is 7.04. The summed E-state index contributed by atoms with van der Waals surface area (Å²) in [5.41, 5.74) is 2.95. The molecule has 31 heavy (non-hydrogen) atoms. The molecule has 4 aliphatic carbocycles. The van der Waals surface area contributed by atoms with Crippen molar-refractivity contribution in [1.29, 1.82) is 0 Å². The first-order chi connectivity index (χ1) is 15.0. The van der Waals surface area contributed by atoms with Crippen LogP contribution >= 0.6 is 11.6 Å². The van der Waals surface area contributed by atoms with Crippen LogP contribution in [0.3, 0.4) is 0 Å². The van der Waals surface area contributed by atoms with Crippen LogP contribution < -0.4 is 15.4 Å². The fourth-order valence-electron chi connectivity index (χ4n) is 6.29. The summed E-state index contributed by atoms with van der Waals surface area (Å²) in [5, 5.41) is 7.42. The topological polar surface area (TPSA) is 50.4 Å². The van der Waals surface area contributed by atoms with E-state index in [1.807, 2.05) is 49.4 Å². The van der Waals surface area contributed by atoms with E-state index in [2.05, 4.69) is 10.6 Å². The molecular weight excluding hydrogens is 408 g/mol. The maximum Gasteiger partial charge on any atom is 0.262 e. The minimum absolute atomic E-state index is 0.0272. The molecular formula is C26H31ClN2O2. The monoisotopic (exact) mass is 438 g/mol. The summed E-state index contributed by atoms with van der Waals surface area (Å²) in [4.78, 5) is 12.3. The van der Waals surface area contributed by atoms with Crippen molar-refractivity contribution in [2.45, 2.75) is 51.6 Å². The number of rotatable bonds is 7. The number of carbonyl (C=O) groups excluding carboxylic acids is 1. The van der Waals surface area contributed by atoms with E-state index in [4.69, 9.17) is 16.3 Å². The number of anilines is 1. The van der Waals surface area contributed by atoms with E-state index in [0.717, 1.165) is 52.8 Å². The summed E-state index contributed by atoms with van der Waals surface area (Å²) in [6, 6.07) is 14.0. The zero-order chi connectivity index (χ0) is 21.4. The second kappa shape index (κ2) is 8.84. The Bertz CT molecular complexity index is 915. The average Bonchev–Trinajstić information content (AvgIpc) is 2.74. The maximum atomic E-state index is 12.3. The zero-order valence-corrected chi connectivity index (χ0v) is 18.8. The van der Waals surface area contributed by atoms with Gasteiger partial charge in [0, 0.05) is 28.9 Å². The quantitative estimate of drug-likeness (QED) is 0.593. The third-order valence-electron chi connectivity index (χ3n) is 7.47. The number of ether oxygens (including phenoxy) is 1. The maximum absolute atomic E-state index is 12.3. The number of amides is 1. The first-order valence-corrected chi connectivity index (χ1v) is 11.9. The van der Waals surface area contributed by atoms with Crippen molar-refractivity contribution in [2.75, 3.05) is 11.9 Å². The Hall–Kier alpha value is -2.04. The highest BCUT2D eigenvalue weighted by Crippen LogP contribution is 2.53. The van der Waals surface area contributed by atoms with Gasteiger partial charge in [0.1, 0.15) is 5.75 Å². The minimum atomic E-state index is -0.168. The predicted molar refractivity (Wildman–Crippen MR) is 124 cm³/mol. The lowest BCUT2D eigenvalue weighted by Gasteiger charge is -2.54. The molecule has 0 radical (unpaired) electrons. The molecule has 4 fully saturated rings. The summed E-state index contributed by atoms with van der Waals surface area (Å²) in [6.45, 7) is 2.72. The number of benzene rings is 2. The number of halogens is 1. The molecule has 0 aromatic heterocycles. The summed E-state index contributed by atoms with van der Waals surface area (Å²) in [7, 11) is 0. The molecule has 4 bridgehead atoms. The summed E-state index contributed by atoms with van der Waals surface area (Å²) >= 11 is 6.28. The van der Waals surface area contributed by atoms with E-state index in [9.17, 15) is 4.79 Å². The van der Waals surface area contributed by atoms with Gasteiger partial charge in [0.25, 0.3) is 5.91 Å². The van der Waals surface area contributed by atoms with Crippen molar-refractivity contribution in [3.05, 3.63) is 58.6 Å². The van der Waals surface area contributed by atoms with E-state index in [0.29, 0.717) is 11.1 Å². The third-order valence-corrected chi connectivity index (χ3v) is 7.71. The summed E-state index contributed by atoms with van der Waals surface area (Å²) in [5.74, 6) is 4.13. The van der Waals surface area contributed by atoms with Gasteiger partial charge < -0.3 is 15.4 Å². The lowest BCUT2D eigenvalue weighted by Crippen LogP contribution is -2.54. The smallest absolute Gasteiger partial charge is 0.262 e. The van der Waals surface area contributed by atoms with Crippen LogP contribution in [0.5, 0.6) is 5.75 Å². The van der Waals surface area contributed by atoms with E-state index in [-0.39, 0.29) is 12.5 Å². The van der Waals surface area contributed by atoms with E-state index in [1.165, 1.54) is 32.1 Å². The molecule has 0 spiro atoms. The molecule has 0 heterocycles. The number of hydrogen-bond donors (Lipinski definition) is 2. The van der Waals surface area contributed by atoms with Crippen molar-refractivity contribution in [3.8, 4) is 5.75 Å². The fraction of sp³-hybridized carbons (Fsp3) is 0.500. The van der Waals surface area contributed by atoms with Crippen molar-refractivity contribution >= 4 is 23.2 Å². The largest absolute Gasteiger partial charge is 0.483 e. The fourth-order valence-corrected chi connectivity index (χ4v) is 6.49. The number of hydrogen-bond acceptors (Lipinski definition) is 3. The molecule has 1 amide bonds. The molecule has 4 saturated carbocycles. The van der Waals surface area contributed by atoms with Gasteiger partial charge >= 0.3 is 0 Å². The standard InChI is InChI=1S/C26H31ClN2O2/c1-16-2-5-23(6-3-16)29-25(30)15-31-24-7-4-22(27)13-21(24)14-28-26-19-9-17-8-18(11-19)12-20(26)10-17/h2-7,13,17-20,26,28H,8-12,14-15H2,1H3,(H,29,30). The highest BCUT2D eigenvalue weighted by molar-refractivity contribution is 6.30. The third kappa shape index (κ3) is 4.75. The highest BCUT2D eigenvalue weighted by atomic mass is 35.5. The first kappa shape index (κ1) is 20.8. The molecule has 2 aromatic carbocycles. The van der Waals surface area contributed by atoms with Crippen LogP contribution in [0.1, 0.15) is 43.2 Å². The normalized spacial score (nSPS) is 28.5. The van der Waals surface area contributed by atoms with Gasteiger partial charge in [-0.05, 0) is 93.0 Å². The second-order valence-corrected chi connectivity index (χ2v) is 10.2. The zero-order valence-electron chi connectivity index (χ0n) is 18.1. The molecule has 4 nitrogen and oxygen atoms in total. The van der Waals surface area contributed by atoms with Crippen LogP contribution in [-0.2, 0) is 11.3 Å². The van der Waals surface area contributed by atoms with Crippen LogP contribution in [-0.4, -0.2) is 18.6 Å². The predicted octanol–water partition coefficient (Wildman–Crippen LogP) is 5.58. The van der Waals surface area contributed by atoms with Gasteiger partial charge in [-0.15, -0.1) is 0 Å². The van der Waals surface area contributed by atoms with E-state index >= 15 is 0 Å². The van der Waals surface area contributed by atoms with Gasteiger partial charge in [-0.2, -0.15) is 0 Å². The van der Waals surface area contributed by atoms with Crippen LogP contribution in [0.2, 0.25) is 5.02 Å². The average molecular weight is 439 g/mol. The molecule has 0 saturated heterocycles. The summed E-state index contributed by atoms with van der Waals surface area (Å²) < 4.78 is 5.90. The Morgan fingerprint density at radius 2 is 1.68 bits per heavy atom. The Balaban J connectivity index is 1.19. The first-order valence-electron chi connectivity index (χ1n) is 11.5. The Kier molecular flexibility index (Phi) is 5.94. The molecule has 164 valence electrons. The van der Waals surface area contributed by atoms with Crippen molar-refractivity contribution in [1.82, 2.24) is 5.32 Å². The van der Waals surface area contributed by atoms with Gasteiger partial charge in [-0.3, -0.25) is 4.79 Å². The molecule has 0 unspecified atom stereocenters. The minimum Gasteiger partial charge on any atom is -0.483 e. The van der Waals surface area contributed by atoms with Crippen LogP contribution in [0.4, 0.5) is 5.69 Å². The van der Waals surface area contributed by atoms with Gasteiger partial charge in [-0.25, -0.2) is 0 Å². The molecule has 6 rings (SSSR count). The number of aryl methyl sites for hydroxylation is 1. The van der Waals surface area contributed by atoms with Gasteiger partial charge in [0.2, 0.25) is 0 Å². The Morgan fingerprint density at radius 1 is 1.00 bits per heavy atom. The molecule has 2 aromatic rings. The van der Waals surface area contributed by atoms with E-state index < -0.39 is 0 Å². The Labute approximate surface area is 189 Å². The molecule has 5 heteroatoms. The van der Waals surface area contributed by atoms with Crippen molar-refractivity contribution in [2.24, 2.45) is 23.7 Å². The van der Waals surface area contributed by atoms with Gasteiger partial charge in [-0.1, -0.05) is 29.3 Å². The molecule has 4 aliphatic rings. The molecule has 2 N–H and O–H groups in total. The number of nitrogens with one attached hydrogen (secondary N) is 2. The lowest BCUT2D eigenvalue weighted by molar-refractivity contribution is -0.118. The molecule has 0 atom stereocenters. The van der Waals surface area contributed by atoms with E-state index in [1.54, 1.807) is 0 Å². The highest BCUT2D eigenvalue weighted by Gasteiger charge is 2.47. The van der Waals surface area contributed by atoms with Crippen LogP contribution in [0.25, 0.3) is 0 Å². The SMILES string of the molecule is Cc1ccc(NC(=O)COc2ccc(Cl)cc2CNC2C3CC4CC(C3)CC2C4)cc1. The van der Waals surface area contributed by atoms with Crippen LogP contribution in [0, 0.1) is 30.6 Å². The second-order valence-electron chi connectivity index (χ2n) is 9.79. The van der Waals surface area contributed by atoms with Crippen LogP contribution in [0.15, 0.2) is 42.5 Å². The molecule has 0 aliphatic heterocycles. The lowest BCUT2D eigenvalue weighted by atomic mass is 9.54. The Morgan fingerprint density at radius 3 is 2.35 bits per heavy atom. The number of carbonyl (C=O) groups is 1. The van der Waals surface area contributed by atoms with Crippen molar-refractivity contribution < 1.29 is 9.53 Å². The van der Waals surface area contributed by atoms with Gasteiger partial charge in [0.15, 0.2) is 6.61 Å². The van der Waals surface area contributed by atoms with Crippen molar-refractivity contribution in [3.63, 3.8) is 0 Å². The van der Waals surface area contributed by atoms with Gasteiger partial charge in [0.05, 0.1) is 0 Å².